The molecule has 4 atom stereocenters. The number of rotatable bonds is 3. The molecule has 4 nitrogen and oxygen atoms in total. The molecule has 0 radical (unpaired) electrons. The Balaban J connectivity index is 1.57. The van der Waals surface area contributed by atoms with E-state index >= 15 is 0 Å². The molecule has 0 N–H and O–H groups in total. The standard InChI is InChI=1S/C24H21NO3/c1-14(15-8-4-3-5-9-15)20-16-12-13-17(20)22-21(16)23(26)25(24(22)27)18-10-6-7-11-19(18)28-2/h3-13,16-17,21-22H,1-2H3/t16-,17-,21+,22+/m0/s1. The van der Waals surface area contributed by atoms with Crippen LogP contribution in [0.5, 0.6) is 5.75 Å². The first-order valence-electron chi connectivity index (χ1n) is 9.58. The van der Waals surface area contributed by atoms with Crippen LogP contribution in [0.15, 0.2) is 72.3 Å². The molecule has 140 valence electrons. The Morgan fingerprint density at radius 2 is 1.43 bits per heavy atom. The van der Waals surface area contributed by atoms with Crippen LogP contribution >= 0.6 is 0 Å². The molecule has 5 rings (SSSR count). The molecule has 1 heterocycles. The number of fused-ring (bicyclic) bond motifs is 5. The molecule has 2 aromatic rings. The number of allylic oxidation sites excluding steroid dienone is 4. The number of carbonyl (C=O) groups is 2. The fraction of sp³-hybridized carbons (Fsp3) is 0.250. The number of benzene rings is 2. The zero-order chi connectivity index (χ0) is 19.4. The Kier molecular flexibility index (Phi) is 3.76. The van der Waals surface area contributed by atoms with Crippen molar-refractivity contribution in [2.45, 2.75) is 6.92 Å². The highest BCUT2D eigenvalue weighted by atomic mass is 16.5. The molecule has 2 aliphatic carbocycles. The zero-order valence-corrected chi connectivity index (χ0v) is 15.8. The predicted octanol–water partition coefficient (Wildman–Crippen LogP) is 4.09. The monoisotopic (exact) mass is 371 g/mol. The van der Waals surface area contributed by atoms with Gasteiger partial charge in [-0.25, -0.2) is 4.90 Å². The van der Waals surface area contributed by atoms with Crippen molar-refractivity contribution >= 4 is 23.1 Å². The molecular formula is C24H21NO3. The first-order chi connectivity index (χ1) is 13.6. The van der Waals surface area contributed by atoms with Gasteiger partial charge < -0.3 is 4.74 Å². The van der Waals surface area contributed by atoms with Crippen LogP contribution in [-0.4, -0.2) is 18.9 Å². The number of hydrogen-bond donors (Lipinski definition) is 0. The van der Waals surface area contributed by atoms with Crippen LogP contribution in [0.4, 0.5) is 5.69 Å². The fourth-order valence-corrected chi connectivity index (χ4v) is 5.17. The second-order valence-corrected chi connectivity index (χ2v) is 7.62. The van der Waals surface area contributed by atoms with E-state index in [2.05, 4.69) is 31.2 Å². The van der Waals surface area contributed by atoms with Gasteiger partial charge in [0.1, 0.15) is 5.75 Å². The van der Waals surface area contributed by atoms with Crippen LogP contribution in [0.2, 0.25) is 0 Å². The van der Waals surface area contributed by atoms with E-state index in [4.69, 9.17) is 4.74 Å². The van der Waals surface area contributed by atoms with Gasteiger partial charge in [0.05, 0.1) is 24.6 Å². The molecule has 0 unspecified atom stereocenters. The molecule has 2 aromatic carbocycles. The number of para-hydroxylation sites is 2. The third-order valence-corrected chi connectivity index (χ3v) is 6.38. The van der Waals surface area contributed by atoms with Crippen LogP contribution in [0.3, 0.4) is 0 Å². The maximum absolute atomic E-state index is 13.4. The minimum Gasteiger partial charge on any atom is -0.495 e. The van der Waals surface area contributed by atoms with Gasteiger partial charge in [-0.3, -0.25) is 9.59 Å². The Morgan fingerprint density at radius 3 is 2.04 bits per heavy atom. The average molecular weight is 371 g/mol. The van der Waals surface area contributed by atoms with Gasteiger partial charge in [-0.05, 0) is 30.2 Å². The molecule has 2 bridgehead atoms. The summed E-state index contributed by atoms with van der Waals surface area (Å²) >= 11 is 0. The van der Waals surface area contributed by atoms with Crippen LogP contribution in [-0.2, 0) is 9.59 Å². The summed E-state index contributed by atoms with van der Waals surface area (Å²) in [6.45, 7) is 2.10. The third-order valence-electron chi connectivity index (χ3n) is 6.38. The first kappa shape index (κ1) is 17.0. The summed E-state index contributed by atoms with van der Waals surface area (Å²) in [5.74, 6) is -0.343. The van der Waals surface area contributed by atoms with E-state index in [1.807, 2.05) is 30.3 Å². The van der Waals surface area contributed by atoms with Gasteiger partial charge in [0.25, 0.3) is 0 Å². The second-order valence-electron chi connectivity index (χ2n) is 7.62. The summed E-state index contributed by atoms with van der Waals surface area (Å²) in [6.07, 6.45) is 4.23. The largest absolute Gasteiger partial charge is 0.495 e. The van der Waals surface area contributed by atoms with Crippen molar-refractivity contribution in [1.82, 2.24) is 0 Å². The first-order valence-corrected chi connectivity index (χ1v) is 9.58. The number of carbonyl (C=O) groups excluding carboxylic acids is 2. The molecule has 1 saturated heterocycles. The number of anilines is 1. The lowest BCUT2D eigenvalue weighted by Gasteiger charge is -2.21. The molecule has 0 spiro atoms. The molecule has 28 heavy (non-hydrogen) atoms. The molecule has 0 aromatic heterocycles. The van der Waals surface area contributed by atoms with E-state index in [9.17, 15) is 9.59 Å². The van der Waals surface area contributed by atoms with Crippen LogP contribution in [0, 0.1) is 23.7 Å². The van der Waals surface area contributed by atoms with Gasteiger partial charge in [0, 0.05) is 11.8 Å². The average Bonchev–Trinajstić information content (AvgIpc) is 3.37. The molecule has 1 aliphatic heterocycles. The lowest BCUT2D eigenvalue weighted by Crippen LogP contribution is -2.33. The Morgan fingerprint density at radius 1 is 0.857 bits per heavy atom. The van der Waals surface area contributed by atoms with Crippen molar-refractivity contribution in [2.24, 2.45) is 23.7 Å². The predicted molar refractivity (Wildman–Crippen MR) is 108 cm³/mol. The second kappa shape index (κ2) is 6.20. The highest BCUT2D eigenvalue weighted by Crippen LogP contribution is 2.58. The molecule has 1 saturated carbocycles. The Bertz CT molecular complexity index is 1000. The van der Waals surface area contributed by atoms with Crippen molar-refractivity contribution in [3.8, 4) is 5.75 Å². The minimum absolute atomic E-state index is 0.00800. The number of ether oxygens (including phenoxy) is 1. The lowest BCUT2D eigenvalue weighted by atomic mass is 9.85. The summed E-state index contributed by atoms with van der Waals surface area (Å²) in [5.41, 5.74) is 4.10. The molecule has 4 heteroatoms. The van der Waals surface area contributed by atoms with E-state index in [0.29, 0.717) is 11.4 Å². The van der Waals surface area contributed by atoms with Crippen molar-refractivity contribution in [3.05, 3.63) is 77.9 Å². The molecule has 3 aliphatic rings. The van der Waals surface area contributed by atoms with Gasteiger partial charge in [-0.1, -0.05) is 60.2 Å². The zero-order valence-electron chi connectivity index (χ0n) is 15.8. The number of methoxy groups -OCH3 is 1. The SMILES string of the molecule is COc1ccccc1N1C(=O)[C@H]2[C@H](C1=O)[C@H]1C=C[C@H]2C1=C(C)c1ccccc1. The van der Waals surface area contributed by atoms with Gasteiger partial charge in [-0.15, -0.1) is 0 Å². The Labute approximate surface area is 164 Å². The number of amides is 2. The minimum atomic E-state index is -0.318. The quantitative estimate of drug-likeness (QED) is 0.603. The highest BCUT2D eigenvalue weighted by Gasteiger charge is 2.62. The number of hydrogen-bond acceptors (Lipinski definition) is 3. The van der Waals surface area contributed by atoms with Crippen molar-refractivity contribution in [1.29, 1.82) is 0 Å². The fourth-order valence-electron chi connectivity index (χ4n) is 5.17. The maximum atomic E-state index is 13.4. The highest BCUT2D eigenvalue weighted by molar-refractivity contribution is 6.24. The summed E-state index contributed by atoms with van der Waals surface area (Å²) in [4.78, 5) is 28.1. The summed E-state index contributed by atoms with van der Waals surface area (Å²) in [7, 11) is 1.56. The van der Waals surface area contributed by atoms with Gasteiger partial charge in [0.2, 0.25) is 11.8 Å². The van der Waals surface area contributed by atoms with Crippen LogP contribution in [0.25, 0.3) is 5.57 Å². The van der Waals surface area contributed by atoms with Crippen LogP contribution < -0.4 is 9.64 Å². The van der Waals surface area contributed by atoms with E-state index in [1.165, 1.54) is 16.0 Å². The van der Waals surface area contributed by atoms with Gasteiger partial charge in [0.15, 0.2) is 0 Å². The summed E-state index contributed by atoms with van der Waals surface area (Å²) < 4.78 is 5.39. The van der Waals surface area contributed by atoms with Crippen molar-refractivity contribution < 1.29 is 14.3 Å². The summed E-state index contributed by atoms with van der Waals surface area (Å²) in [5, 5.41) is 0. The number of nitrogens with zero attached hydrogens (tertiary/aromatic N) is 1. The van der Waals surface area contributed by atoms with Gasteiger partial charge >= 0.3 is 0 Å². The van der Waals surface area contributed by atoms with E-state index in [0.717, 1.165) is 5.56 Å². The smallest absolute Gasteiger partial charge is 0.238 e. The molecule has 2 amide bonds. The number of imide groups is 1. The third kappa shape index (κ3) is 2.18. The van der Waals surface area contributed by atoms with Gasteiger partial charge in [-0.2, -0.15) is 0 Å². The van der Waals surface area contributed by atoms with Crippen molar-refractivity contribution in [3.63, 3.8) is 0 Å². The summed E-state index contributed by atoms with van der Waals surface area (Å²) in [6, 6.07) is 17.4. The van der Waals surface area contributed by atoms with Crippen molar-refractivity contribution in [2.75, 3.05) is 12.0 Å². The van der Waals surface area contributed by atoms with E-state index in [-0.39, 0.29) is 35.5 Å². The lowest BCUT2D eigenvalue weighted by molar-refractivity contribution is -0.123. The topological polar surface area (TPSA) is 46.6 Å². The molecule has 2 fully saturated rings. The maximum Gasteiger partial charge on any atom is 0.238 e. The van der Waals surface area contributed by atoms with E-state index in [1.54, 1.807) is 19.2 Å². The van der Waals surface area contributed by atoms with E-state index < -0.39 is 0 Å². The Hall–Kier alpha value is -3.14. The normalized spacial score (nSPS) is 27.5. The molecular weight excluding hydrogens is 350 g/mol. The van der Waals surface area contributed by atoms with Crippen LogP contribution in [0.1, 0.15) is 12.5 Å².